The zero-order valence-electron chi connectivity index (χ0n) is 19.5. The number of hydrogen-bond donors (Lipinski definition) is 1. The third-order valence-electron chi connectivity index (χ3n) is 4.49. The van der Waals surface area contributed by atoms with Crippen LogP contribution in [0.4, 0.5) is 17.1 Å². The smallest absolute Gasteiger partial charge is 0.294 e. The number of halogens is 1. The lowest BCUT2D eigenvalue weighted by atomic mass is 10.1. The summed E-state index contributed by atoms with van der Waals surface area (Å²) in [5, 5.41) is 24.4. The third-order valence-corrected chi connectivity index (χ3v) is 4.79. The van der Waals surface area contributed by atoms with Crippen molar-refractivity contribution in [2.75, 3.05) is 65.3 Å². The number of hydrogen-bond acceptors (Lipinski definition) is 10. The summed E-state index contributed by atoms with van der Waals surface area (Å²) >= 11 is 5.81. The van der Waals surface area contributed by atoms with Gasteiger partial charge in [-0.25, -0.2) is 0 Å². The summed E-state index contributed by atoms with van der Waals surface area (Å²) < 4.78 is 26.5. The molecule has 2 aromatic rings. The number of ether oxygens (including phenoxy) is 5. The van der Waals surface area contributed by atoms with Gasteiger partial charge in [-0.1, -0.05) is 11.6 Å². The third kappa shape index (κ3) is 9.71. The SMILES string of the molecule is COCCOCCOCCOCCOc1ccc(NC(=O)c2cc(Cl)c([N+](=O)[O-])cc2[N+](=O)[O-])cc1. The van der Waals surface area contributed by atoms with Crippen LogP contribution in [0.25, 0.3) is 0 Å². The van der Waals surface area contributed by atoms with E-state index in [1.165, 1.54) is 12.1 Å². The maximum atomic E-state index is 12.5. The number of methoxy groups -OCH3 is 1. The number of benzene rings is 2. The minimum atomic E-state index is -0.887. The lowest BCUT2D eigenvalue weighted by molar-refractivity contribution is -0.394. The van der Waals surface area contributed by atoms with Crippen LogP contribution in [0.3, 0.4) is 0 Å². The minimum Gasteiger partial charge on any atom is -0.491 e. The average Bonchev–Trinajstić information content (AvgIpc) is 2.85. The minimum absolute atomic E-state index is 0.291. The number of nitro groups is 2. The van der Waals surface area contributed by atoms with E-state index < -0.39 is 32.7 Å². The fourth-order valence-electron chi connectivity index (χ4n) is 2.76. The number of nitrogens with zero attached hydrogens (tertiary/aromatic N) is 2. The van der Waals surface area contributed by atoms with E-state index >= 15 is 0 Å². The molecule has 13 nitrogen and oxygen atoms in total. The molecule has 0 heterocycles. The number of anilines is 1. The molecule has 0 unspecified atom stereocenters. The molecule has 196 valence electrons. The van der Waals surface area contributed by atoms with Gasteiger partial charge in [0.05, 0.1) is 62.2 Å². The number of amides is 1. The molecule has 0 atom stereocenters. The van der Waals surface area contributed by atoms with Crippen LogP contribution >= 0.6 is 11.6 Å². The van der Waals surface area contributed by atoms with Crippen molar-refractivity contribution in [1.82, 2.24) is 0 Å². The van der Waals surface area contributed by atoms with Crippen molar-refractivity contribution < 1.29 is 38.3 Å². The first-order valence-corrected chi connectivity index (χ1v) is 11.1. The van der Waals surface area contributed by atoms with E-state index in [9.17, 15) is 25.0 Å². The van der Waals surface area contributed by atoms with Crippen LogP contribution in [0, 0.1) is 20.2 Å². The van der Waals surface area contributed by atoms with E-state index in [1.54, 1.807) is 19.2 Å². The van der Waals surface area contributed by atoms with Gasteiger partial charge in [-0.15, -0.1) is 0 Å². The Kier molecular flexibility index (Phi) is 12.5. The van der Waals surface area contributed by atoms with Gasteiger partial charge in [-0.05, 0) is 30.3 Å². The Labute approximate surface area is 211 Å². The highest BCUT2D eigenvalue weighted by atomic mass is 35.5. The van der Waals surface area contributed by atoms with Crippen LogP contribution in [-0.4, -0.2) is 75.7 Å². The molecular weight excluding hydrogens is 502 g/mol. The highest BCUT2D eigenvalue weighted by molar-refractivity contribution is 6.33. The Balaban J connectivity index is 1.74. The van der Waals surface area contributed by atoms with Crippen LogP contribution in [0.2, 0.25) is 5.02 Å². The Bertz CT molecular complexity index is 1020. The van der Waals surface area contributed by atoms with Crippen LogP contribution in [0.5, 0.6) is 5.75 Å². The number of carbonyl (C=O) groups excluding carboxylic acids is 1. The van der Waals surface area contributed by atoms with Crippen molar-refractivity contribution in [1.29, 1.82) is 0 Å². The van der Waals surface area contributed by atoms with Gasteiger partial charge in [0.1, 0.15) is 22.9 Å². The second kappa shape index (κ2) is 15.6. The van der Waals surface area contributed by atoms with Crippen molar-refractivity contribution in [3.05, 3.63) is 67.2 Å². The standard InChI is InChI=1S/C22H26ClN3O10/c1-32-6-7-33-8-9-34-10-11-35-12-13-36-17-4-2-16(3-5-17)24-22(27)18-14-19(23)21(26(30)31)15-20(18)25(28)29/h2-5,14-15H,6-13H2,1H3,(H,24,27). The Hall–Kier alpha value is -3.36. The summed E-state index contributed by atoms with van der Waals surface area (Å²) in [5.74, 6) is -0.324. The summed E-state index contributed by atoms with van der Waals surface area (Å²) in [4.78, 5) is 33.0. The largest absolute Gasteiger partial charge is 0.491 e. The van der Waals surface area contributed by atoms with Crippen molar-refractivity contribution in [3.63, 3.8) is 0 Å². The fraction of sp³-hybridized carbons (Fsp3) is 0.409. The molecule has 2 aromatic carbocycles. The monoisotopic (exact) mass is 527 g/mol. The number of carbonyl (C=O) groups is 1. The predicted molar refractivity (Wildman–Crippen MR) is 129 cm³/mol. The normalized spacial score (nSPS) is 10.7. The maximum Gasteiger partial charge on any atom is 0.294 e. The molecule has 1 N–H and O–H groups in total. The molecule has 0 aliphatic rings. The van der Waals surface area contributed by atoms with Gasteiger partial charge < -0.3 is 29.0 Å². The lowest BCUT2D eigenvalue weighted by Gasteiger charge is -2.10. The molecule has 0 aromatic heterocycles. The highest BCUT2D eigenvalue weighted by Crippen LogP contribution is 2.32. The molecule has 2 rings (SSSR count). The lowest BCUT2D eigenvalue weighted by Crippen LogP contribution is -2.14. The summed E-state index contributed by atoms with van der Waals surface area (Å²) in [6.07, 6.45) is 0. The molecular formula is C22H26ClN3O10. The zero-order chi connectivity index (χ0) is 26.3. The zero-order valence-corrected chi connectivity index (χ0v) is 20.2. The van der Waals surface area contributed by atoms with Crippen LogP contribution in [0.15, 0.2) is 36.4 Å². The van der Waals surface area contributed by atoms with Crippen molar-refractivity contribution in [3.8, 4) is 5.75 Å². The fourth-order valence-corrected chi connectivity index (χ4v) is 2.99. The van der Waals surface area contributed by atoms with Gasteiger partial charge in [0.2, 0.25) is 0 Å². The molecule has 0 saturated carbocycles. The van der Waals surface area contributed by atoms with E-state index in [2.05, 4.69) is 5.32 Å². The molecule has 0 aliphatic carbocycles. The van der Waals surface area contributed by atoms with Crippen molar-refractivity contribution in [2.45, 2.75) is 0 Å². The summed E-state index contributed by atoms with van der Waals surface area (Å²) in [5.41, 5.74) is -1.47. The van der Waals surface area contributed by atoms with Gasteiger partial charge >= 0.3 is 0 Å². The quantitative estimate of drug-likeness (QED) is 0.183. The van der Waals surface area contributed by atoms with Gasteiger partial charge in [-0.2, -0.15) is 0 Å². The predicted octanol–water partition coefficient (Wildman–Crippen LogP) is 3.48. The molecule has 36 heavy (non-hydrogen) atoms. The maximum absolute atomic E-state index is 12.5. The molecule has 14 heteroatoms. The first-order chi connectivity index (χ1) is 17.3. The molecule has 0 aliphatic heterocycles. The summed E-state index contributed by atoms with van der Waals surface area (Å²) in [6.45, 7) is 3.50. The van der Waals surface area contributed by atoms with Crippen LogP contribution in [0.1, 0.15) is 10.4 Å². The van der Waals surface area contributed by atoms with Gasteiger partial charge in [-0.3, -0.25) is 25.0 Å². The molecule has 0 radical (unpaired) electrons. The average molecular weight is 528 g/mol. The van der Waals surface area contributed by atoms with E-state index in [1.807, 2.05) is 0 Å². The van der Waals surface area contributed by atoms with E-state index in [0.29, 0.717) is 70.4 Å². The molecule has 0 saturated heterocycles. The molecule has 1 amide bonds. The summed E-state index contributed by atoms with van der Waals surface area (Å²) in [6, 6.07) is 7.82. The number of rotatable bonds is 17. The van der Waals surface area contributed by atoms with E-state index in [4.69, 9.17) is 35.3 Å². The Morgan fingerprint density at radius 1 is 0.833 bits per heavy atom. The molecule has 0 bridgehead atoms. The van der Waals surface area contributed by atoms with Crippen LogP contribution < -0.4 is 10.1 Å². The number of nitrogens with one attached hydrogen (secondary N) is 1. The second-order valence-electron chi connectivity index (χ2n) is 6.99. The molecule has 0 spiro atoms. The first kappa shape index (κ1) is 28.9. The van der Waals surface area contributed by atoms with Crippen molar-refractivity contribution >= 4 is 34.6 Å². The Morgan fingerprint density at radius 3 is 1.89 bits per heavy atom. The van der Waals surface area contributed by atoms with Gasteiger partial charge in [0.15, 0.2) is 0 Å². The highest BCUT2D eigenvalue weighted by Gasteiger charge is 2.27. The second-order valence-corrected chi connectivity index (χ2v) is 7.40. The number of nitro benzene ring substituents is 2. The van der Waals surface area contributed by atoms with E-state index in [0.717, 1.165) is 6.07 Å². The topological polar surface area (TPSA) is 162 Å². The first-order valence-electron chi connectivity index (χ1n) is 10.7. The van der Waals surface area contributed by atoms with Crippen LogP contribution in [-0.2, 0) is 18.9 Å². The van der Waals surface area contributed by atoms with E-state index in [-0.39, 0.29) is 5.02 Å². The van der Waals surface area contributed by atoms with Gasteiger partial charge in [0, 0.05) is 12.8 Å². The van der Waals surface area contributed by atoms with Gasteiger partial charge in [0.25, 0.3) is 17.3 Å². The molecule has 0 fully saturated rings. The Morgan fingerprint density at radius 2 is 1.36 bits per heavy atom. The summed E-state index contributed by atoms with van der Waals surface area (Å²) in [7, 11) is 1.61. The van der Waals surface area contributed by atoms with Crippen molar-refractivity contribution in [2.24, 2.45) is 0 Å².